The van der Waals surface area contributed by atoms with E-state index in [9.17, 15) is 0 Å². The standard InChI is InChI=1S/C13H30N2O/c14-12-13(15)10-8-6-4-2-1-3-5-7-9-11-16/h13,16H,1-12,14-15H2. The molecule has 0 aromatic heterocycles. The zero-order valence-corrected chi connectivity index (χ0v) is 10.7. The molecule has 3 heteroatoms. The Labute approximate surface area is 101 Å². The van der Waals surface area contributed by atoms with Crippen LogP contribution in [-0.2, 0) is 0 Å². The highest BCUT2D eigenvalue weighted by Crippen LogP contribution is 2.10. The predicted molar refractivity (Wildman–Crippen MR) is 70.3 cm³/mol. The fourth-order valence-corrected chi connectivity index (χ4v) is 1.87. The van der Waals surface area contributed by atoms with Crippen LogP contribution in [0.4, 0.5) is 0 Å². The number of hydrogen-bond acceptors (Lipinski definition) is 3. The third-order valence-electron chi connectivity index (χ3n) is 3.04. The SMILES string of the molecule is NCC(N)CCCCCCCCCCCO. The summed E-state index contributed by atoms with van der Waals surface area (Å²) in [5, 5.41) is 8.61. The molecular formula is C13H30N2O. The van der Waals surface area contributed by atoms with E-state index in [1.54, 1.807) is 0 Å². The largest absolute Gasteiger partial charge is 0.396 e. The molecule has 0 aliphatic carbocycles. The summed E-state index contributed by atoms with van der Waals surface area (Å²) in [6.45, 7) is 0.965. The van der Waals surface area contributed by atoms with Crippen molar-refractivity contribution < 1.29 is 5.11 Å². The molecule has 0 aliphatic heterocycles. The number of nitrogens with two attached hydrogens (primary N) is 2. The van der Waals surface area contributed by atoms with Crippen molar-refractivity contribution in [2.75, 3.05) is 13.2 Å². The van der Waals surface area contributed by atoms with Crippen LogP contribution in [0.5, 0.6) is 0 Å². The van der Waals surface area contributed by atoms with Gasteiger partial charge in [-0.15, -0.1) is 0 Å². The van der Waals surface area contributed by atoms with E-state index < -0.39 is 0 Å². The van der Waals surface area contributed by atoms with Gasteiger partial charge in [0, 0.05) is 19.2 Å². The molecule has 0 saturated heterocycles. The van der Waals surface area contributed by atoms with Crippen molar-refractivity contribution in [1.29, 1.82) is 0 Å². The lowest BCUT2D eigenvalue weighted by Gasteiger charge is -2.07. The van der Waals surface area contributed by atoms with Gasteiger partial charge in [0.05, 0.1) is 0 Å². The Morgan fingerprint density at radius 1 is 0.750 bits per heavy atom. The molecule has 0 aliphatic rings. The number of aliphatic hydroxyl groups excluding tert-OH is 1. The van der Waals surface area contributed by atoms with Gasteiger partial charge in [-0.25, -0.2) is 0 Å². The van der Waals surface area contributed by atoms with Crippen molar-refractivity contribution in [3.05, 3.63) is 0 Å². The maximum atomic E-state index is 8.61. The Bertz CT molecular complexity index is 131. The first-order valence-corrected chi connectivity index (χ1v) is 6.87. The highest BCUT2D eigenvalue weighted by atomic mass is 16.2. The number of unbranched alkanes of at least 4 members (excludes halogenated alkanes) is 8. The van der Waals surface area contributed by atoms with Gasteiger partial charge in [0.25, 0.3) is 0 Å². The molecule has 98 valence electrons. The van der Waals surface area contributed by atoms with Crippen LogP contribution in [0.2, 0.25) is 0 Å². The van der Waals surface area contributed by atoms with Gasteiger partial charge in [0.2, 0.25) is 0 Å². The summed E-state index contributed by atoms with van der Waals surface area (Å²) in [5.41, 5.74) is 11.2. The van der Waals surface area contributed by atoms with Crippen LogP contribution in [0.1, 0.15) is 64.2 Å². The Morgan fingerprint density at radius 2 is 1.19 bits per heavy atom. The molecule has 3 nitrogen and oxygen atoms in total. The summed E-state index contributed by atoms with van der Waals surface area (Å²) in [4.78, 5) is 0. The molecule has 0 fully saturated rings. The van der Waals surface area contributed by atoms with Crippen LogP contribution in [0, 0.1) is 0 Å². The first-order valence-electron chi connectivity index (χ1n) is 6.87. The average molecular weight is 230 g/mol. The van der Waals surface area contributed by atoms with Gasteiger partial charge in [-0.3, -0.25) is 0 Å². The lowest BCUT2D eigenvalue weighted by atomic mass is 10.0. The second-order valence-corrected chi connectivity index (χ2v) is 4.69. The molecule has 16 heavy (non-hydrogen) atoms. The van der Waals surface area contributed by atoms with Gasteiger partial charge >= 0.3 is 0 Å². The van der Waals surface area contributed by atoms with Gasteiger partial charge in [0.15, 0.2) is 0 Å². The van der Waals surface area contributed by atoms with Gasteiger partial charge in [0.1, 0.15) is 0 Å². The highest BCUT2D eigenvalue weighted by Gasteiger charge is 1.98. The van der Waals surface area contributed by atoms with Crippen molar-refractivity contribution in [2.24, 2.45) is 11.5 Å². The highest BCUT2D eigenvalue weighted by molar-refractivity contribution is 4.60. The zero-order chi connectivity index (χ0) is 12.1. The number of aliphatic hydroxyl groups is 1. The van der Waals surface area contributed by atoms with E-state index in [0.717, 1.165) is 12.8 Å². The first kappa shape index (κ1) is 15.9. The predicted octanol–water partition coefficient (Wildman–Crippen LogP) is 2.17. The normalized spacial score (nSPS) is 12.9. The van der Waals surface area contributed by atoms with Crippen LogP contribution in [0.15, 0.2) is 0 Å². The summed E-state index contributed by atoms with van der Waals surface area (Å²) in [6.07, 6.45) is 12.4. The minimum Gasteiger partial charge on any atom is -0.396 e. The molecule has 1 unspecified atom stereocenters. The minimum absolute atomic E-state index is 0.207. The van der Waals surface area contributed by atoms with E-state index in [0.29, 0.717) is 13.2 Å². The van der Waals surface area contributed by atoms with Gasteiger partial charge in [-0.2, -0.15) is 0 Å². The van der Waals surface area contributed by atoms with Crippen molar-refractivity contribution in [3.8, 4) is 0 Å². The Morgan fingerprint density at radius 3 is 1.62 bits per heavy atom. The van der Waals surface area contributed by atoms with E-state index in [1.165, 1.54) is 51.4 Å². The third kappa shape index (κ3) is 12.0. The third-order valence-corrected chi connectivity index (χ3v) is 3.04. The van der Waals surface area contributed by atoms with E-state index in [1.807, 2.05) is 0 Å². The van der Waals surface area contributed by atoms with Crippen molar-refractivity contribution in [2.45, 2.75) is 70.3 Å². The molecule has 0 heterocycles. The van der Waals surface area contributed by atoms with Gasteiger partial charge in [-0.05, 0) is 12.8 Å². The van der Waals surface area contributed by atoms with Crippen molar-refractivity contribution >= 4 is 0 Å². The van der Waals surface area contributed by atoms with Crippen molar-refractivity contribution in [3.63, 3.8) is 0 Å². The lowest BCUT2D eigenvalue weighted by Crippen LogP contribution is -2.29. The average Bonchev–Trinajstić information content (AvgIpc) is 2.31. The Kier molecular flexibility index (Phi) is 12.9. The summed E-state index contributed by atoms with van der Waals surface area (Å²) in [6, 6.07) is 0.207. The molecule has 5 N–H and O–H groups in total. The summed E-state index contributed by atoms with van der Waals surface area (Å²) < 4.78 is 0. The minimum atomic E-state index is 0.207. The molecule has 0 saturated carbocycles. The quantitative estimate of drug-likeness (QED) is 0.450. The monoisotopic (exact) mass is 230 g/mol. The van der Waals surface area contributed by atoms with E-state index >= 15 is 0 Å². The topological polar surface area (TPSA) is 72.3 Å². The van der Waals surface area contributed by atoms with Crippen LogP contribution in [-0.4, -0.2) is 24.3 Å². The molecule has 0 amide bonds. The molecule has 0 bridgehead atoms. The molecule has 0 aromatic rings. The second-order valence-electron chi connectivity index (χ2n) is 4.69. The van der Waals surface area contributed by atoms with Crippen LogP contribution >= 0.6 is 0 Å². The van der Waals surface area contributed by atoms with Crippen LogP contribution in [0.3, 0.4) is 0 Å². The molecular weight excluding hydrogens is 200 g/mol. The van der Waals surface area contributed by atoms with E-state index in [4.69, 9.17) is 16.6 Å². The fraction of sp³-hybridized carbons (Fsp3) is 1.00. The maximum Gasteiger partial charge on any atom is 0.0431 e. The molecule has 0 spiro atoms. The summed E-state index contributed by atoms with van der Waals surface area (Å²) in [7, 11) is 0. The molecule has 1 atom stereocenters. The van der Waals surface area contributed by atoms with Crippen LogP contribution < -0.4 is 11.5 Å². The fourth-order valence-electron chi connectivity index (χ4n) is 1.87. The first-order chi connectivity index (χ1) is 7.81. The summed E-state index contributed by atoms with van der Waals surface area (Å²) in [5.74, 6) is 0. The molecule has 0 rings (SSSR count). The second kappa shape index (κ2) is 12.9. The van der Waals surface area contributed by atoms with Gasteiger partial charge < -0.3 is 16.6 Å². The summed E-state index contributed by atoms with van der Waals surface area (Å²) >= 11 is 0. The number of hydrogen-bond donors (Lipinski definition) is 3. The Balaban J connectivity index is 2.93. The van der Waals surface area contributed by atoms with E-state index in [2.05, 4.69) is 0 Å². The zero-order valence-electron chi connectivity index (χ0n) is 10.7. The van der Waals surface area contributed by atoms with Crippen molar-refractivity contribution in [1.82, 2.24) is 0 Å². The Hall–Kier alpha value is -0.120. The number of rotatable bonds is 12. The molecule has 0 radical (unpaired) electrons. The van der Waals surface area contributed by atoms with E-state index in [-0.39, 0.29) is 6.04 Å². The lowest BCUT2D eigenvalue weighted by molar-refractivity contribution is 0.282. The molecule has 0 aromatic carbocycles. The maximum absolute atomic E-state index is 8.61. The van der Waals surface area contributed by atoms with Crippen LogP contribution in [0.25, 0.3) is 0 Å². The smallest absolute Gasteiger partial charge is 0.0431 e. The van der Waals surface area contributed by atoms with Gasteiger partial charge in [-0.1, -0.05) is 51.4 Å².